The molecule has 1 aromatic rings. The second kappa shape index (κ2) is 4.42. The van der Waals surface area contributed by atoms with E-state index in [1.165, 1.54) is 0 Å². The average Bonchev–Trinajstić information content (AvgIpc) is 2.03. The van der Waals surface area contributed by atoms with Gasteiger partial charge in [0.1, 0.15) is 0 Å². The van der Waals surface area contributed by atoms with Gasteiger partial charge in [0.2, 0.25) is 0 Å². The number of allylic oxidation sites excluding steroid dienone is 1. The monoisotopic (exact) mass is 197 g/mol. The van der Waals surface area contributed by atoms with Crippen LogP contribution >= 0.6 is 11.6 Å². The molecule has 0 heterocycles. The van der Waals surface area contributed by atoms with Crippen LogP contribution < -0.4 is 5.48 Å². The lowest BCUT2D eigenvalue weighted by atomic mass is 10.1. The quantitative estimate of drug-likeness (QED) is 0.731. The number of benzene rings is 1. The lowest BCUT2D eigenvalue weighted by molar-refractivity contribution is 0.161. The molecule has 0 bridgehead atoms. The van der Waals surface area contributed by atoms with E-state index in [-0.39, 0.29) is 0 Å². The molecule has 13 heavy (non-hydrogen) atoms. The third-order valence-electron chi connectivity index (χ3n) is 1.73. The first kappa shape index (κ1) is 10.3. The molecule has 0 aliphatic rings. The molecule has 1 aromatic carbocycles. The first-order valence-electron chi connectivity index (χ1n) is 3.96. The van der Waals surface area contributed by atoms with Gasteiger partial charge in [0, 0.05) is 11.6 Å². The fraction of sp³-hybridized carbons (Fsp3) is 0.200. The van der Waals surface area contributed by atoms with Gasteiger partial charge in [-0.3, -0.25) is 0 Å². The molecule has 3 heteroatoms. The van der Waals surface area contributed by atoms with E-state index >= 15 is 0 Å². The fourth-order valence-electron chi connectivity index (χ4n) is 1.09. The molecule has 0 unspecified atom stereocenters. The molecule has 0 fully saturated rings. The standard InChI is InChI=1S/C10H12ClNO/c1-7(2)9-3-8(6-12-13)4-10(11)5-9/h3-5,12-13H,1,6H2,2H3. The number of hydrogen-bond donors (Lipinski definition) is 2. The largest absolute Gasteiger partial charge is 0.316 e. The number of halogens is 1. The van der Waals surface area contributed by atoms with E-state index in [0.717, 1.165) is 16.7 Å². The molecule has 2 nitrogen and oxygen atoms in total. The topological polar surface area (TPSA) is 32.3 Å². The lowest BCUT2D eigenvalue weighted by Gasteiger charge is -2.05. The summed E-state index contributed by atoms with van der Waals surface area (Å²) in [7, 11) is 0. The zero-order valence-corrected chi connectivity index (χ0v) is 8.23. The van der Waals surface area contributed by atoms with Crippen LogP contribution in [0.2, 0.25) is 5.02 Å². The van der Waals surface area contributed by atoms with E-state index in [4.69, 9.17) is 16.8 Å². The van der Waals surface area contributed by atoms with Crippen LogP contribution in [0.5, 0.6) is 0 Å². The first-order chi connectivity index (χ1) is 6.13. The number of rotatable bonds is 3. The molecule has 0 atom stereocenters. The van der Waals surface area contributed by atoms with Gasteiger partial charge in [-0.15, -0.1) is 0 Å². The predicted molar refractivity (Wildman–Crippen MR) is 54.8 cm³/mol. The van der Waals surface area contributed by atoms with Crippen molar-refractivity contribution in [2.75, 3.05) is 0 Å². The van der Waals surface area contributed by atoms with Crippen molar-refractivity contribution >= 4 is 17.2 Å². The van der Waals surface area contributed by atoms with E-state index in [0.29, 0.717) is 11.6 Å². The summed E-state index contributed by atoms with van der Waals surface area (Å²) in [6, 6.07) is 5.60. The molecular weight excluding hydrogens is 186 g/mol. The minimum absolute atomic E-state index is 0.390. The van der Waals surface area contributed by atoms with Crippen molar-refractivity contribution in [2.45, 2.75) is 13.5 Å². The van der Waals surface area contributed by atoms with E-state index in [1.807, 2.05) is 19.1 Å². The summed E-state index contributed by atoms with van der Waals surface area (Å²) in [5, 5.41) is 9.18. The number of hydroxylamine groups is 1. The van der Waals surface area contributed by atoms with Gasteiger partial charge >= 0.3 is 0 Å². The summed E-state index contributed by atoms with van der Waals surface area (Å²) in [4.78, 5) is 0. The van der Waals surface area contributed by atoms with E-state index in [1.54, 1.807) is 6.07 Å². The Bertz CT molecular complexity index is 323. The SMILES string of the molecule is C=C(C)c1cc(Cl)cc(CNO)c1. The van der Waals surface area contributed by atoms with Gasteiger partial charge < -0.3 is 5.21 Å². The second-order valence-corrected chi connectivity index (χ2v) is 3.40. The molecule has 0 aliphatic carbocycles. The Morgan fingerprint density at radius 2 is 2.23 bits per heavy atom. The molecule has 1 rings (SSSR count). The first-order valence-corrected chi connectivity index (χ1v) is 4.33. The minimum Gasteiger partial charge on any atom is -0.316 e. The molecule has 0 saturated heterocycles. The average molecular weight is 198 g/mol. The van der Waals surface area contributed by atoms with E-state index < -0.39 is 0 Å². The fourth-order valence-corrected chi connectivity index (χ4v) is 1.35. The third kappa shape index (κ3) is 2.84. The van der Waals surface area contributed by atoms with Gasteiger partial charge in [-0.05, 0) is 30.2 Å². The summed E-state index contributed by atoms with van der Waals surface area (Å²) in [5.41, 5.74) is 4.98. The van der Waals surface area contributed by atoms with Crippen molar-refractivity contribution in [3.05, 3.63) is 40.9 Å². The Labute approximate surface area is 82.8 Å². The maximum atomic E-state index is 8.52. The van der Waals surface area contributed by atoms with Crippen LogP contribution in [0.4, 0.5) is 0 Å². The zero-order chi connectivity index (χ0) is 9.84. The van der Waals surface area contributed by atoms with Gasteiger partial charge in [-0.1, -0.05) is 29.8 Å². The second-order valence-electron chi connectivity index (χ2n) is 2.96. The highest BCUT2D eigenvalue weighted by molar-refractivity contribution is 6.30. The maximum absolute atomic E-state index is 8.52. The number of hydrogen-bond acceptors (Lipinski definition) is 2. The van der Waals surface area contributed by atoms with Crippen LogP contribution in [-0.2, 0) is 6.54 Å². The summed E-state index contributed by atoms with van der Waals surface area (Å²) < 4.78 is 0. The van der Waals surface area contributed by atoms with Crippen molar-refractivity contribution in [3.8, 4) is 0 Å². The highest BCUT2D eigenvalue weighted by Crippen LogP contribution is 2.19. The number of nitrogens with one attached hydrogen (secondary N) is 1. The van der Waals surface area contributed by atoms with Crippen LogP contribution in [-0.4, -0.2) is 5.21 Å². The van der Waals surface area contributed by atoms with Crippen LogP contribution in [0, 0.1) is 0 Å². The molecule has 70 valence electrons. The van der Waals surface area contributed by atoms with Crippen molar-refractivity contribution in [3.63, 3.8) is 0 Å². The highest BCUT2D eigenvalue weighted by Gasteiger charge is 1.99. The Hall–Kier alpha value is -0.830. The van der Waals surface area contributed by atoms with Crippen molar-refractivity contribution in [1.82, 2.24) is 5.48 Å². The third-order valence-corrected chi connectivity index (χ3v) is 1.95. The molecular formula is C10H12ClNO. The van der Waals surface area contributed by atoms with Crippen molar-refractivity contribution in [2.24, 2.45) is 0 Å². The van der Waals surface area contributed by atoms with Crippen LogP contribution in [0.1, 0.15) is 18.1 Å². The molecule has 0 amide bonds. The highest BCUT2D eigenvalue weighted by atomic mass is 35.5. The maximum Gasteiger partial charge on any atom is 0.0458 e. The molecule has 0 spiro atoms. The predicted octanol–water partition coefficient (Wildman–Crippen LogP) is 2.85. The molecule has 0 aliphatic heterocycles. The van der Waals surface area contributed by atoms with Crippen LogP contribution in [0.3, 0.4) is 0 Å². The Kier molecular flexibility index (Phi) is 3.48. The Morgan fingerprint density at radius 3 is 2.77 bits per heavy atom. The summed E-state index contributed by atoms with van der Waals surface area (Å²) >= 11 is 5.88. The molecule has 0 radical (unpaired) electrons. The van der Waals surface area contributed by atoms with E-state index in [9.17, 15) is 0 Å². The Balaban J connectivity index is 3.03. The minimum atomic E-state index is 0.390. The summed E-state index contributed by atoms with van der Waals surface area (Å²) in [5.74, 6) is 0. The van der Waals surface area contributed by atoms with Gasteiger partial charge in [-0.2, -0.15) is 0 Å². The van der Waals surface area contributed by atoms with Gasteiger partial charge in [0.05, 0.1) is 0 Å². The van der Waals surface area contributed by atoms with E-state index in [2.05, 4.69) is 12.1 Å². The lowest BCUT2D eigenvalue weighted by Crippen LogP contribution is -2.06. The van der Waals surface area contributed by atoms with Gasteiger partial charge in [0.15, 0.2) is 0 Å². The zero-order valence-electron chi connectivity index (χ0n) is 7.47. The molecule has 0 aromatic heterocycles. The molecule has 2 N–H and O–H groups in total. The van der Waals surface area contributed by atoms with Crippen molar-refractivity contribution < 1.29 is 5.21 Å². The smallest absolute Gasteiger partial charge is 0.0458 e. The van der Waals surface area contributed by atoms with Crippen LogP contribution in [0.25, 0.3) is 5.57 Å². The van der Waals surface area contributed by atoms with Gasteiger partial charge in [-0.25, -0.2) is 5.48 Å². The normalized spacial score (nSPS) is 10.1. The van der Waals surface area contributed by atoms with Gasteiger partial charge in [0.25, 0.3) is 0 Å². The van der Waals surface area contributed by atoms with Crippen LogP contribution in [0.15, 0.2) is 24.8 Å². The summed E-state index contributed by atoms with van der Waals surface area (Å²) in [6.07, 6.45) is 0. The van der Waals surface area contributed by atoms with Crippen molar-refractivity contribution in [1.29, 1.82) is 0 Å². The summed E-state index contributed by atoms with van der Waals surface area (Å²) in [6.45, 7) is 6.13. The molecule has 0 saturated carbocycles. The Morgan fingerprint density at radius 1 is 1.54 bits per heavy atom.